The Morgan fingerprint density at radius 1 is 1.17 bits per heavy atom. The van der Waals surface area contributed by atoms with Crippen LogP contribution in [0.4, 0.5) is 30.4 Å². The van der Waals surface area contributed by atoms with Gasteiger partial charge in [-0.2, -0.15) is 13.2 Å². The van der Waals surface area contributed by atoms with Crippen molar-refractivity contribution in [1.29, 1.82) is 0 Å². The number of aliphatic hydroxyl groups excluding tert-OH is 2. The number of benzene rings is 2. The van der Waals surface area contributed by atoms with Crippen molar-refractivity contribution in [2.45, 2.75) is 31.5 Å². The van der Waals surface area contributed by atoms with Crippen molar-refractivity contribution in [1.82, 2.24) is 9.97 Å². The molecule has 0 aliphatic carbocycles. The van der Waals surface area contributed by atoms with Crippen LogP contribution in [0.5, 0.6) is 11.5 Å². The first kappa shape index (κ1) is 25.0. The number of hydrogen-bond acceptors (Lipinski definition) is 7. The summed E-state index contributed by atoms with van der Waals surface area (Å²) in [6, 6.07) is 9.46. The molecule has 1 aliphatic heterocycles. The molecule has 11 heteroatoms. The van der Waals surface area contributed by atoms with E-state index in [1.54, 1.807) is 18.2 Å². The number of anilines is 3. The van der Waals surface area contributed by atoms with Crippen LogP contribution in [0.3, 0.4) is 0 Å². The molecular weight excluding hydrogens is 485 g/mol. The van der Waals surface area contributed by atoms with Crippen molar-refractivity contribution in [3.05, 3.63) is 65.1 Å². The Hall–Kier alpha value is -3.08. The molecule has 0 fully saturated rings. The first-order chi connectivity index (χ1) is 16.7. The van der Waals surface area contributed by atoms with E-state index in [9.17, 15) is 18.3 Å². The van der Waals surface area contributed by atoms with Gasteiger partial charge in [0.1, 0.15) is 23.5 Å². The lowest BCUT2D eigenvalue weighted by Gasteiger charge is -2.22. The zero-order valence-corrected chi connectivity index (χ0v) is 19.4. The lowest BCUT2D eigenvalue weighted by molar-refractivity contribution is -0.137. The number of rotatable bonds is 9. The molecule has 1 aliphatic rings. The van der Waals surface area contributed by atoms with E-state index >= 15 is 0 Å². The van der Waals surface area contributed by atoms with E-state index in [4.69, 9.17) is 21.4 Å². The van der Waals surface area contributed by atoms with Gasteiger partial charge in [0.05, 0.1) is 29.0 Å². The van der Waals surface area contributed by atoms with Crippen LogP contribution in [0.2, 0.25) is 5.02 Å². The zero-order valence-electron chi connectivity index (χ0n) is 18.6. The molecule has 1 aromatic heterocycles. The molecule has 35 heavy (non-hydrogen) atoms. The highest BCUT2D eigenvalue weighted by atomic mass is 35.5. The molecular formula is C24H24ClF3N4O3. The van der Waals surface area contributed by atoms with Crippen molar-refractivity contribution < 1.29 is 28.1 Å². The van der Waals surface area contributed by atoms with Crippen molar-refractivity contribution in [3.63, 3.8) is 0 Å². The molecule has 1 atom stereocenters. The molecule has 3 N–H and O–H groups in total. The number of aromatic nitrogens is 2. The number of hydrogen-bond donors (Lipinski definition) is 3. The van der Waals surface area contributed by atoms with Gasteiger partial charge in [0.2, 0.25) is 0 Å². The average Bonchev–Trinajstić information content (AvgIpc) is 3.24. The van der Waals surface area contributed by atoms with Gasteiger partial charge in [-0.3, -0.25) is 0 Å². The Balaban J connectivity index is 1.48. The largest absolute Gasteiger partial charge is 0.456 e. The quantitative estimate of drug-likeness (QED) is 0.367. The summed E-state index contributed by atoms with van der Waals surface area (Å²) in [5, 5.41) is 22.0. The van der Waals surface area contributed by atoms with E-state index in [-0.39, 0.29) is 23.1 Å². The first-order valence-corrected chi connectivity index (χ1v) is 11.4. The Labute approximate surface area is 205 Å². The van der Waals surface area contributed by atoms with Gasteiger partial charge in [-0.05, 0) is 49.2 Å². The van der Waals surface area contributed by atoms with E-state index in [1.165, 1.54) is 18.5 Å². The molecule has 0 saturated carbocycles. The molecule has 7 nitrogen and oxygen atoms in total. The first-order valence-electron chi connectivity index (χ1n) is 11.0. The van der Waals surface area contributed by atoms with Crippen LogP contribution in [0.15, 0.2) is 48.8 Å². The number of fused-ring (bicyclic) bond motifs is 1. The fourth-order valence-electron chi connectivity index (χ4n) is 3.87. The third-order valence-electron chi connectivity index (χ3n) is 5.59. The molecule has 2 aromatic carbocycles. The second kappa shape index (κ2) is 10.7. The highest BCUT2D eigenvalue weighted by molar-refractivity contribution is 6.32. The minimum Gasteiger partial charge on any atom is -0.456 e. The topological polar surface area (TPSA) is 90.7 Å². The predicted octanol–water partition coefficient (Wildman–Crippen LogP) is 5.18. The average molecular weight is 509 g/mol. The Bertz CT molecular complexity index is 1180. The summed E-state index contributed by atoms with van der Waals surface area (Å²) in [5.41, 5.74) is 1.58. The van der Waals surface area contributed by atoms with Crippen LogP contribution >= 0.6 is 11.6 Å². The highest BCUT2D eigenvalue weighted by Crippen LogP contribution is 2.38. The van der Waals surface area contributed by atoms with Crippen LogP contribution in [-0.4, -0.2) is 46.0 Å². The van der Waals surface area contributed by atoms with Crippen LogP contribution in [-0.2, 0) is 12.6 Å². The summed E-state index contributed by atoms with van der Waals surface area (Å²) < 4.78 is 44.5. The van der Waals surface area contributed by atoms with Crippen molar-refractivity contribution in [3.8, 4) is 11.5 Å². The summed E-state index contributed by atoms with van der Waals surface area (Å²) in [7, 11) is 0. The molecule has 0 amide bonds. The molecule has 3 aromatic rings. The van der Waals surface area contributed by atoms with Gasteiger partial charge in [0, 0.05) is 25.2 Å². The maximum absolute atomic E-state index is 13.0. The lowest BCUT2D eigenvalue weighted by atomic mass is 10.2. The number of alkyl halides is 3. The Morgan fingerprint density at radius 2 is 2.00 bits per heavy atom. The van der Waals surface area contributed by atoms with Gasteiger partial charge in [0.25, 0.3) is 0 Å². The fourth-order valence-corrected chi connectivity index (χ4v) is 4.09. The summed E-state index contributed by atoms with van der Waals surface area (Å²) in [6.07, 6.45) is -1.78. The standard InChI is InChI=1S/C24H24ClF3N4O3/c25-19-12-16(6-7-21(19)35-18-5-1-3-15(11-18)24(26,27)28)31-23-22-20(29-14-30-23)8-10-32(22)9-2-4-17(34)13-33/h1,3,5-7,11-12,14,17,33-34H,2,4,8-10,13H2,(H,29,30,31). The van der Waals surface area contributed by atoms with E-state index in [0.717, 1.165) is 36.5 Å². The molecule has 0 radical (unpaired) electrons. The number of nitrogens with one attached hydrogen (secondary N) is 1. The molecule has 1 unspecified atom stereocenters. The van der Waals surface area contributed by atoms with Gasteiger partial charge >= 0.3 is 6.18 Å². The third kappa shape index (κ3) is 6.14. The van der Waals surface area contributed by atoms with Crippen LogP contribution < -0.4 is 15.0 Å². The smallest absolute Gasteiger partial charge is 0.416 e. The maximum atomic E-state index is 13.0. The van der Waals surface area contributed by atoms with Crippen LogP contribution in [0.1, 0.15) is 24.1 Å². The van der Waals surface area contributed by atoms with E-state index in [1.807, 2.05) is 0 Å². The fraction of sp³-hybridized carbons (Fsp3) is 0.333. The summed E-state index contributed by atoms with van der Waals surface area (Å²) in [6.45, 7) is 1.18. The summed E-state index contributed by atoms with van der Waals surface area (Å²) in [5.74, 6) is 0.837. The lowest BCUT2D eigenvalue weighted by Crippen LogP contribution is -2.24. The van der Waals surface area contributed by atoms with Crippen molar-refractivity contribution >= 4 is 28.8 Å². The highest BCUT2D eigenvalue weighted by Gasteiger charge is 2.30. The van der Waals surface area contributed by atoms with Crippen molar-refractivity contribution in [2.75, 3.05) is 29.9 Å². The van der Waals surface area contributed by atoms with Crippen LogP contribution in [0.25, 0.3) is 0 Å². The van der Waals surface area contributed by atoms with E-state index in [2.05, 4.69) is 20.2 Å². The molecule has 0 bridgehead atoms. The molecule has 4 rings (SSSR count). The van der Waals surface area contributed by atoms with E-state index < -0.39 is 17.8 Å². The number of nitrogens with zero attached hydrogens (tertiary/aromatic N) is 3. The van der Waals surface area contributed by atoms with Gasteiger partial charge in [-0.15, -0.1) is 0 Å². The van der Waals surface area contributed by atoms with Crippen molar-refractivity contribution in [2.24, 2.45) is 0 Å². The van der Waals surface area contributed by atoms with E-state index in [0.29, 0.717) is 30.9 Å². The molecule has 0 saturated heterocycles. The van der Waals surface area contributed by atoms with Crippen LogP contribution in [0, 0.1) is 0 Å². The monoisotopic (exact) mass is 508 g/mol. The Kier molecular flexibility index (Phi) is 7.63. The second-order valence-electron chi connectivity index (χ2n) is 8.13. The molecule has 2 heterocycles. The molecule has 0 spiro atoms. The predicted molar refractivity (Wildman–Crippen MR) is 127 cm³/mol. The normalized spacial score (nSPS) is 14.1. The molecule has 186 valence electrons. The van der Waals surface area contributed by atoms with Gasteiger partial charge in [-0.25, -0.2) is 9.97 Å². The zero-order chi connectivity index (χ0) is 25.0. The summed E-state index contributed by atoms with van der Waals surface area (Å²) in [4.78, 5) is 10.9. The van der Waals surface area contributed by atoms with Gasteiger partial charge < -0.3 is 25.2 Å². The van der Waals surface area contributed by atoms with Gasteiger partial charge in [-0.1, -0.05) is 17.7 Å². The number of ether oxygens (including phenoxy) is 1. The number of aliphatic hydroxyl groups is 2. The maximum Gasteiger partial charge on any atom is 0.416 e. The summed E-state index contributed by atoms with van der Waals surface area (Å²) >= 11 is 6.36. The number of halogens is 4. The minimum absolute atomic E-state index is 0.0259. The SMILES string of the molecule is OCC(O)CCCN1CCc2ncnc(Nc3ccc(Oc4cccc(C(F)(F)F)c4)c(Cl)c3)c21. The second-order valence-corrected chi connectivity index (χ2v) is 8.54. The van der Waals surface area contributed by atoms with Gasteiger partial charge in [0.15, 0.2) is 5.82 Å². The third-order valence-corrected chi connectivity index (χ3v) is 5.89. The Morgan fingerprint density at radius 3 is 2.74 bits per heavy atom. The minimum atomic E-state index is -4.47.